The molecule has 0 saturated carbocycles. The van der Waals surface area contributed by atoms with E-state index < -0.39 is 17.7 Å². The molecule has 0 aromatic heterocycles. The van der Waals surface area contributed by atoms with E-state index in [-0.39, 0.29) is 17.9 Å². The van der Waals surface area contributed by atoms with Gasteiger partial charge in [0.15, 0.2) is 0 Å². The summed E-state index contributed by atoms with van der Waals surface area (Å²) >= 11 is 0. The Morgan fingerprint density at radius 3 is 2.52 bits per heavy atom. The number of nitrogens with one attached hydrogen (secondary N) is 1. The fourth-order valence-electron chi connectivity index (χ4n) is 1.46. The molecule has 0 aliphatic heterocycles. The van der Waals surface area contributed by atoms with Crippen molar-refractivity contribution in [1.29, 1.82) is 0 Å². The summed E-state index contributed by atoms with van der Waals surface area (Å²) < 4.78 is 5.06. The van der Waals surface area contributed by atoms with Gasteiger partial charge in [0.25, 0.3) is 0 Å². The maximum atomic E-state index is 11.4. The maximum Gasteiger partial charge on any atom is 0.407 e. The highest BCUT2D eigenvalue weighted by molar-refractivity contribution is 5.88. The van der Waals surface area contributed by atoms with Gasteiger partial charge in [-0.15, -0.1) is 0 Å². The first-order valence-corrected chi connectivity index (χ1v) is 6.39. The Balaban J connectivity index is 2.54. The summed E-state index contributed by atoms with van der Waals surface area (Å²) in [6.07, 6.45) is 2.68. The van der Waals surface area contributed by atoms with Crippen molar-refractivity contribution in [2.24, 2.45) is 0 Å². The van der Waals surface area contributed by atoms with Crippen molar-refractivity contribution in [2.45, 2.75) is 26.4 Å². The van der Waals surface area contributed by atoms with Crippen LogP contribution in [0.15, 0.2) is 24.3 Å². The number of carboxylic acids is 1. The van der Waals surface area contributed by atoms with Crippen LogP contribution in [0.4, 0.5) is 4.79 Å². The lowest BCUT2D eigenvalue weighted by Crippen LogP contribution is -2.32. The fourth-order valence-corrected chi connectivity index (χ4v) is 1.46. The zero-order valence-corrected chi connectivity index (χ0v) is 12.2. The lowest BCUT2D eigenvalue weighted by atomic mass is 10.1. The summed E-state index contributed by atoms with van der Waals surface area (Å²) in [6.45, 7) is 5.54. The van der Waals surface area contributed by atoms with Crippen LogP contribution < -0.4 is 5.32 Å². The zero-order valence-electron chi connectivity index (χ0n) is 12.2. The molecule has 0 aliphatic rings. The molecule has 0 unspecified atom stereocenters. The molecule has 114 valence electrons. The molecule has 0 saturated heterocycles. The highest BCUT2D eigenvalue weighted by Gasteiger charge is 2.15. The van der Waals surface area contributed by atoms with E-state index >= 15 is 0 Å². The molecule has 1 aromatic rings. The Morgan fingerprint density at radius 1 is 1.33 bits per heavy atom. The van der Waals surface area contributed by atoms with Crippen LogP contribution >= 0.6 is 0 Å². The summed E-state index contributed by atoms with van der Waals surface area (Å²) in [7, 11) is 0. The SMILES string of the molecule is CC(C)(C)OC(=O)NCC=Cc1ccc(C(=O)O)cc1O. The molecular weight excluding hydrogens is 274 g/mol. The Bertz CT molecular complexity index is 558. The monoisotopic (exact) mass is 293 g/mol. The third-order valence-corrected chi connectivity index (χ3v) is 2.34. The van der Waals surface area contributed by atoms with Gasteiger partial charge in [-0.25, -0.2) is 9.59 Å². The van der Waals surface area contributed by atoms with Gasteiger partial charge in [-0.1, -0.05) is 18.2 Å². The van der Waals surface area contributed by atoms with Gasteiger partial charge in [0.1, 0.15) is 11.4 Å². The Morgan fingerprint density at radius 2 is 2.00 bits per heavy atom. The lowest BCUT2D eigenvalue weighted by molar-refractivity contribution is 0.0533. The minimum absolute atomic E-state index is 0.0107. The van der Waals surface area contributed by atoms with Gasteiger partial charge in [-0.3, -0.25) is 0 Å². The number of benzene rings is 1. The van der Waals surface area contributed by atoms with Crippen molar-refractivity contribution >= 4 is 18.1 Å². The number of alkyl carbamates (subject to hydrolysis) is 1. The van der Waals surface area contributed by atoms with E-state index in [0.29, 0.717) is 5.56 Å². The first kappa shape index (κ1) is 16.6. The Kier molecular flexibility index (Phi) is 5.35. The molecule has 21 heavy (non-hydrogen) atoms. The first-order valence-electron chi connectivity index (χ1n) is 6.39. The molecule has 0 atom stereocenters. The molecule has 0 heterocycles. The third-order valence-electron chi connectivity index (χ3n) is 2.34. The number of hydrogen-bond acceptors (Lipinski definition) is 4. The number of aromatic carboxylic acids is 1. The standard InChI is InChI=1S/C15H19NO5/c1-15(2,3)21-14(20)16-8-4-5-10-6-7-11(13(18)19)9-12(10)17/h4-7,9,17H,8H2,1-3H3,(H,16,20)(H,18,19). The molecule has 0 bridgehead atoms. The number of carboxylic acid groups (broad SMARTS) is 1. The molecule has 0 aliphatic carbocycles. The van der Waals surface area contributed by atoms with E-state index in [9.17, 15) is 14.7 Å². The highest BCUT2D eigenvalue weighted by Crippen LogP contribution is 2.20. The average molecular weight is 293 g/mol. The number of aromatic hydroxyl groups is 1. The average Bonchev–Trinajstić information content (AvgIpc) is 2.33. The Hall–Kier alpha value is -2.50. The summed E-state index contributed by atoms with van der Waals surface area (Å²) in [5, 5.41) is 21.0. The van der Waals surface area contributed by atoms with Crippen molar-refractivity contribution in [2.75, 3.05) is 6.54 Å². The number of phenolic OH excluding ortho intramolecular Hbond substituents is 1. The molecule has 0 fully saturated rings. The second-order valence-electron chi connectivity index (χ2n) is 5.36. The van der Waals surface area contributed by atoms with Gasteiger partial charge in [0.2, 0.25) is 0 Å². The second kappa shape index (κ2) is 6.78. The molecule has 1 rings (SSSR count). The zero-order chi connectivity index (χ0) is 16.0. The number of ether oxygens (including phenoxy) is 1. The van der Waals surface area contributed by atoms with Crippen LogP contribution in [0.5, 0.6) is 5.75 Å². The molecule has 6 nitrogen and oxygen atoms in total. The van der Waals surface area contributed by atoms with Gasteiger partial charge in [0.05, 0.1) is 5.56 Å². The maximum absolute atomic E-state index is 11.4. The van der Waals surface area contributed by atoms with Crippen molar-refractivity contribution in [1.82, 2.24) is 5.32 Å². The van der Waals surface area contributed by atoms with Crippen LogP contribution in [-0.4, -0.2) is 34.4 Å². The van der Waals surface area contributed by atoms with Gasteiger partial charge in [0, 0.05) is 12.1 Å². The normalized spacial score (nSPS) is 11.4. The largest absolute Gasteiger partial charge is 0.507 e. The van der Waals surface area contributed by atoms with Gasteiger partial charge in [-0.2, -0.15) is 0 Å². The Labute approximate surface area is 123 Å². The van der Waals surface area contributed by atoms with E-state index in [0.717, 1.165) is 0 Å². The predicted octanol–water partition coefficient (Wildman–Crippen LogP) is 2.63. The minimum atomic E-state index is -1.10. The highest BCUT2D eigenvalue weighted by atomic mass is 16.6. The van der Waals surface area contributed by atoms with Crippen molar-refractivity contribution in [3.05, 3.63) is 35.4 Å². The van der Waals surface area contributed by atoms with Crippen LogP contribution in [0.25, 0.3) is 6.08 Å². The summed E-state index contributed by atoms with van der Waals surface area (Å²) in [5.74, 6) is -1.24. The summed E-state index contributed by atoms with van der Waals surface area (Å²) in [4.78, 5) is 22.1. The number of phenols is 1. The molecule has 6 heteroatoms. The van der Waals surface area contributed by atoms with E-state index in [1.807, 2.05) is 0 Å². The van der Waals surface area contributed by atoms with Gasteiger partial charge >= 0.3 is 12.1 Å². The van der Waals surface area contributed by atoms with Gasteiger partial charge < -0.3 is 20.3 Å². The van der Waals surface area contributed by atoms with Crippen molar-refractivity contribution in [3.63, 3.8) is 0 Å². The number of hydrogen-bond donors (Lipinski definition) is 3. The fraction of sp³-hybridized carbons (Fsp3) is 0.333. The smallest absolute Gasteiger partial charge is 0.407 e. The van der Waals surface area contributed by atoms with Crippen LogP contribution in [0.3, 0.4) is 0 Å². The summed E-state index contributed by atoms with van der Waals surface area (Å²) in [5.41, 5.74) is -0.0823. The van der Waals surface area contributed by atoms with E-state index in [1.165, 1.54) is 18.2 Å². The number of rotatable bonds is 4. The molecule has 1 amide bonds. The molecular formula is C15H19NO5. The number of carbonyl (C=O) groups excluding carboxylic acids is 1. The number of amides is 1. The van der Waals surface area contributed by atoms with E-state index in [2.05, 4.69) is 5.32 Å². The van der Waals surface area contributed by atoms with Crippen LogP contribution in [-0.2, 0) is 4.74 Å². The van der Waals surface area contributed by atoms with Crippen LogP contribution in [0.1, 0.15) is 36.7 Å². The molecule has 1 aromatic carbocycles. The first-order chi connectivity index (χ1) is 9.69. The minimum Gasteiger partial charge on any atom is -0.507 e. The van der Waals surface area contributed by atoms with Crippen LogP contribution in [0.2, 0.25) is 0 Å². The molecule has 0 radical (unpaired) electrons. The number of carbonyl (C=O) groups is 2. The van der Waals surface area contributed by atoms with E-state index in [4.69, 9.17) is 9.84 Å². The lowest BCUT2D eigenvalue weighted by Gasteiger charge is -2.19. The van der Waals surface area contributed by atoms with Crippen LogP contribution in [0, 0.1) is 0 Å². The quantitative estimate of drug-likeness (QED) is 0.793. The topological polar surface area (TPSA) is 95.9 Å². The van der Waals surface area contributed by atoms with Gasteiger partial charge in [-0.05, 0) is 32.9 Å². The van der Waals surface area contributed by atoms with Crippen molar-refractivity contribution < 1.29 is 24.5 Å². The van der Waals surface area contributed by atoms with E-state index in [1.54, 1.807) is 32.9 Å². The second-order valence-corrected chi connectivity index (χ2v) is 5.36. The predicted molar refractivity (Wildman–Crippen MR) is 78.3 cm³/mol. The molecule has 0 spiro atoms. The summed E-state index contributed by atoms with van der Waals surface area (Å²) in [6, 6.07) is 4.05. The molecule has 3 N–H and O–H groups in total. The van der Waals surface area contributed by atoms with Crippen molar-refractivity contribution in [3.8, 4) is 5.75 Å². The third kappa shape index (κ3) is 5.99.